The first kappa shape index (κ1) is 17.4. The molecule has 0 bridgehead atoms. The third-order valence-corrected chi connectivity index (χ3v) is 3.83. The van der Waals surface area contributed by atoms with Gasteiger partial charge in [0.1, 0.15) is 11.8 Å². The molecule has 0 atom stereocenters. The minimum absolute atomic E-state index is 0.189. The lowest BCUT2D eigenvalue weighted by Gasteiger charge is -2.10. The molecule has 2 N–H and O–H groups in total. The number of halogens is 1. The van der Waals surface area contributed by atoms with Gasteiger partial charge in [-0.1, -0.05) is 35.9 Å². The van der Waals surface area contributed by atoms with Gasteiger partial charge in [-0.15, -0.1) is 0 Å². The van der Waals surface area contributed by atoms with E-state index in [1.807, 2.05) is 0 Å². The summed E-state index contributed by atoms with van der Waals surface area (Å²) in [5, 5.41) is 15.3. The Balaban J connectivity index is 1.87. The van der Waals surface area contributed by atoms with E-state index in [0.29, 0.717) is 27.7 Å². The van der Waals surface area contributed by atoms with Crippen molar-refractivity contribution in [3.63, 3.8) is 0 Å². The molecule has 0 unspecified atom stereocenters. The zero-order chi connectivity index (χ0) is 18.5. The fraction of sp³-hybridized carbons (Fsp3) is 0.0526. The smallest absolute Gasteiger partial charge is 0.274 e. The third kappa shape index (κ3) is 3.97. The average molecular weight is 364 g/mol. The van der Waals surface area contributed by atoms with Gasteiger partial charge in [-0.25, -0.2) is 9.97 Å². The summed E-state index contributed by atoms with van der Waals surface area (Å²) in [7, 11) is 0. The van der Waals surface area contributed by atoms with Crippen LogP contribution >= 0.6 is 11.6 Å². The number of carbonyl (C=O) groups excluding carboxylic acids is 1. The van der Waals surface area contributed by atoms with E-state index in [4.69, 9.17) is 11.6 Å². The maximum absolute atomic E-state index is 12.5. The van der Waals surface area contributed by atoms with Crippen molar-refractivity contribution in [1.29, 1.82) is 5.26 Å². The molecule has 26 heavy (non-hydrogen) atoms. The molecule has 3 aromatic rings. The maximum Gasteiger partial charge on any atom is 0.274 e. The van der Waals surface area contributed by atoms with E-state index in [9.17, 15) is 10.1 Å². The van der Waals surface area contributed by atoms with Crippen LogP contribution in [0.2, 0.25) is 5.02 Å². The van der Waals surface area contributed by atoms with Gasteiger partial charge in [-0.05, 0) is 37.3 Å². The summed E-state index contributed by atoms with van der Waals surface area (Å²) in [6.07, 6.45) is 0. The van der Waals surface area contributed by atoms with Crippen LogP contribution in [0.5, 0.6) is 0 Å². The first-order chi connectivity index (χ1) is 12.6. The van der Waals surface area contributed by atoms with E-state index in [-0.39, 0.29) is 11.6 Å². The second kappa shape index (κ2) is 7.64. The minimum atomic E-state index is -0.403. The highest BCUT2D eigenvalue weighted by Gasteiger charge is 2.13. The van der Waals surface area contributed by atoms with Crippen molar-refractivity contribution in [1.82, 2.24) is 9.97 Å². The number of carbonyl (C=O) groups is 1. The molecule has 0 aliphatic heterocycles. The van der Waals surface area contributed by atoms with E-state index in [1.165, 1.54) is 0 Å². The Morgan fingerprint density at radius 3 is 2.50 bits per heavy atom. The van der Waals surface area contributed by atoms with Crippen LogP contribution in [-0.4, -0.2) is 15.9 Å². The number of aromatic nitrogens is 2. The van der Waals surface area contributed by atoms with Gasteiger partial charge in [-0.3, -0.25) is 4.79 Å². The molecular weight excluding hydrogens is 350 g/mol. The molecule has 1 aromatic heterocycles. The van der Waals surface area contributed by atoms with Crippen LogP contribution in [0, 0.1) is 18.3 Å². The normalized spacial score (nSPS) is 10.0. The largest absolute Gasteiger partial charge is 0.323 e. The van der Waals surface area contributed by atoms with Crippen LogP contribution in [-0.2, 0) is 0 Å². The fourth-order valence-corrected chi connectivity index (χ4v) is 2.48. The fourth-order valence-electron chi connectivity index (χ4n) is 2.30. The summed E-state index contributed by atoms with van der Waals surface area (Å²) < 4.78 is 0. The van der Waals surface area contributed by atoms with Crippen LogP contribution < -0.4 is 10.6 Å². The Kier molecular flexibility index (Phi) is 5.11. The van der Waals surface area contributed by atoms with E-state index < -0.39 is 5.91 Å². The highest BCUT2D eigenvalue weighted by molar-refractivity contribution is 6.33. The highest BCUT2D eigenvalue weighted by atomic mass is 35.5. The molecule has 0 radical (unpaired) electrons. The van der Waals surface area contributed by atoms with E-state index in [2.05, 4.69) is 26.7 Å². The quantitative estimate of drug-likeness (QED) is 0.720. The SMILES string of the molecule is Cc1cc(C(=O)Nc2ccccc2Cl)nc(Nc2ccccc2C#N)n1. The predicted molar refractivity (Wildman–Crippen MR) is 101 cm³/mol. The maximum atomic E-state index is 12.5. The van der Waals surface area contributed by atoms with E-state index in [1.54, 1.807) is 61.5 Å². The van der Waals surface area contributed by atoms with Crippen molar-refractivity contribution in [3.05, 3.63) is 76.6 Å². The van der Waals surface area contributed by atoms with Gasteiger partial charge in [0.15, 0.2) is 0 Å². The van der Waals surface area contributed by atoms with E-state index >= 15 is 0 Å². The number of para-hydroxylation sites is 2. The lowest BCUT2D eigenvalue weighted by Crippen LogP contribution is -2.15. The van der Waals surface area contributed by atoms with Gasteiger partial charge >= 0.3 is 0 Å². The molecule has 0 aliphatic rings. The second-order valence-corrected chi connectivity index (χ2v) is 5.84. The molecule has 0 aliphatic carbocycles. The number of aryl methyl sites for hydroxylation is 1. The molecule has 0 fully saturated rings. The number of anilines is 3. The van der Waals surface area contributed by atoms with Crippen LogP contribution in [0.4, 0.5) is 17.3 Å². The van der Waals surface area contributed by atoms with Crippen molar-refractivity contribution in [2.45, 2.75) is 6.92 Å². The monoisotopic (exact) mass is 363 g/mol. The molecule has 1 heterocycles. The van der Waals surface area contributed by atoms with Gasteiger partial charge < -0.3 is 10.6 Å². The lowest BCUT2D eigenvalue weighted by atomic mass is 10.2. The summed E-state index contributed by atoms with van der Waals surface area (Å²) in [6, 6.07) is 17.6. The van der Waals surface area contributed by atoms with Crippen molar-refractivity contribution in [2.24, 2.45) is 0 Å². The molecule has 7 heteroatoms. The number of hydrogen-bond acceptors (Lipinski definition) is 5. The molecule has 0 saturated carbocycles. The van der Waals surface area contributed by atoms with Crippen molar-refractivity contribution in [2.75, 3.05) is 10.6 Å². The number of nitriles is 1. The van der Waals surface area contributed by atoms with Crippen LogP contribution in [0.15, 0.2) is 54.6 Å². The van der Waals surface area contributed by atoms with Crippen molar-refractivity contribution < 1.29 is 4.79 Å². The molecule has 0 saturated heterocycles. The third-order valence-electron chi connectivity index (χ3n) is 3.50. The summed E-state index contributed by atoms with van der Waals surface area (Å²) in [4.78, 5) is 21.0. The Hall–Kier alpha value is -3.43. The second-order valence-electron chi connectivity index (χ2n) is 5.43. The summed E-state index contributed by atoms with van der Waals surface area (Å²) in [5.74, 6) is -0.169. The Labute approximate surface area is 155 Å². The molecule has 3 rings (SSSR count). The summed E-state index contributed by atoms with van der Waals surface area (Å²) in [6.45, 7) is 1.76. The minimum Gasteiger partial charge on any atom is -0.323 e. The molecule has 128 valence electrons. The van der Waals surface area contributed by atoms with Gasteiger partial charge in [-0.2, -0.15) is 5.26 Å². The molecular formula is C19H14ClN5O. The Morgan fingerprint density at radius 1 is 1.08 bits per heavy atom. The van der Waals surface area contributed by atoms with Crippen LogP contribution in [0.3, 0.4) is 0 Å². The zero-order valence-corrected chi connectivity index (χ0v) is 14.6. The zero-order valence-electron chi connectivity index (χ0n) is 13.8. The van der Waals surface area contributed by atoms with Gasteiger partial charge in [0.25, 0.3) is 5.91 Å². The number of hydrogen-bond donors (Lipinski definition) is 2. The van der Waals surface area contributed by atoms with E-state index in [0.717, 1.165) is 0 Å². The van der Waals surface area contributed by atoms with Crippen molar-refractivity contribution in [3.8, 4) is 6.07 Å². The van der Waals surface area contributed by atoms with Crippen LogP contribution in [0.25, 0.3) is 0 Å². The first-order valence-electron chi connectivity index (χ1n) is 7.74. The summed E-state index contributed by atoms with van der Waals surface area (Å²) >= 11 is 6.07. The summed E-state index contributed by atoms with van der Waals surface area (Å²) in [5.41, 5.74) is 2.33. The Bertz CT molecular complexity index is 1010. The molecule has 0 spiro atoms. The molecule has 1 amide bonds. The predicted octanol–water partition coefficient (Wildman–Crippen LogP) is 4.31. The van der Waals surface area contributed by atoms with Gasteiger partial charge in [0.2, 0.25) is 5.95 Å². The number of rotatable bonds is 4. The number of nitrogens with one attached hydrogen (secondary N) is 2. The van der Waals surface area contributed by atoms with Gasteiger partial charge in [0, 0.05) is 5.69 Å². The molecule has 2 aromatic carbocycles. The standard InChI is InChI=1S/C19H14ClN5O/c1-12-10-17(18(26)23-16-9-5-3-7-14(16)20)25-19(22-12)24-15-8-4-2-6-13(15)11-21/h2-10H,1H3,(H,23,26)(H,22,24,25). The number of amides is 1. The topological polar surface area (TPSA) is 90.7 Å². The molecule has 6 nitrogen and oxygen atoms in total. The average Bonchev–Trinajstić information content (AvgIpc) is 2.63. The van der Waals surface area contributed by atoms with Crippen molar-refractivity contribution >= 4 is 34.8 Å². The highest BCUT2D eigenvalue weighted by Crippen LogP contribution is 2.22. The number of benzene rings is 2. The lowest BCUT2D eigenvalue weighted by molar-refractivity contribution is 0.102. The van der Waals surface area contributed by atoms with Gasteiger partial charge in [0.05, 0.1) is 22.0 Å². The van der Waals surface area contributed by atoms with Crippen LogP contribution in [0.1, 0.15) is 21.7 Å². The number of nitrogens with zero attached hydrogens (tertiary/aromatic N) is 3. The Morgan fingerprint density at radius 2 is 1.77 bits per heavy atom. The first-order valence-corrected chi connectivity index (χ1v) is 8.12.